The fourth-order valence-electron chi connectivity index (χ4n) is 1.69. The molecule has 0 unspecified atom stereocenters. The predicted octanol–water partition coefficient (Wildman–Crippen LogP) is 2.85. The van der Waals surface area contributed by atoms with Gasteiger partial charge in [0.05, 0.1) is 11.5 Å². The fraction of sp³-hybridized carbons (Fsp3) is 0.154. The molecule has 0 radical (unpaired) electrons. The molecular weight excluding hydrogens is 279 g/mol. The minimum absolute atomic E-state index is 0.152. The third kappa shape index (κ3) is 3.35. The maximum atomic E-state index is 13.7. The van der Waals surface area contributed by atoms with Crippen LogP contribution < -0.4 is 15.8 Å². The molecule has 0 aliphatic rings. The molecule has 110 valence electrons. The second-order valence-corrected chi connectivity index (χ2v) is 4.06. The third-order valence-corrected chi connectivity index (χ3v) is 2.60. The van der Waals surface area contributed by atoms with Crippen molar-refractivity contribution in [3.63, 3.8) is 0 Å². The Morgan fingerprint density at radius 3 is 2.76 bits per heavy atom. The topological polar surface area (TPSA) is 103 Å². The Morgan fingerprint density at radius 1 is 1.43 bits per heavy atom. The lowest BCUT2D eigenvalue weighted by Crippen LogP contribution is -2.02. The zero-order chi connectivity index (χ0) is 15.4. The highest BCUT2D eigenvalue weighted by Crippen LogP contribution is 2.25. The molecule has 1 aromatic heterocycles. The van der Waals surface area contributed by atoms with Crippen LogP contribution in [0.3, 0.4) is 0 Å². The van der Waals surface area contributed by atoms with E-state index < -0.39 is 10.7 Å². The largest absolute Gasteiger partial charge is 0.491 e. The molecule has 3 N–H and O–H groups in total. The molecule has 2 rings (SSSR count). The summed E-state index contributed by atoms with van der Waals surface area (Å²) in [6, 6.07) is 6.95. The van der Waals surface area contributed by atoms with Gasteiger partial charge in [-0.15, -0.1) is 0 Å². The van der Waals surface area contributed by atoms with Gasteiger partial charge in [0.2, 0.25) is 5.82 Å². The third-order valence-electron chi connectivity index (χ3n) is 2.60. The highest BCUT2D eigenvalue weighted by atomic mass is 19.1. The first-order valence-electron chi connectivity index (χ1n) is 6.11. The molecule has 0 spiro atoms. The molecule has 0 atom stereocenters. The summed E-state index contributed by atoms with van der Waals surface area (Å²) >= 11 is 0. The van der Waals surface area contributed by atoms with Crippen LogP contribution in [0.5, 0.6) is 5.75 Å². The molecule has 0 saturated heterocycles. The van der Waals surface area contributed by atoms with E-state index in [4.69, 9.17) is 10.5 Å². The molecular formula is C13H13FN4O3. The van der Waals surface area contributed by atoms with Crippen LogP contribution in [0.25, 0.3) is 0 Å². The van der Waals surface area contributed by atoms with E-state index in [1.807, 2.05) is 0 Å². The Kier molecular flexibility index (Phi) is 4.17. The van der Waals surface area contributed by atoms with Crippen molar-refractivity contribution in [2.45, 2.75) is 6.92 Å². The van der Waals surface area contributed by atoms with Crippen LogP contribution in [0.15, 0.2) is 30.3 Å². The van der Waals surface area contributed by atoms with Gasteiger partial charge in [0, 0.05) is 17.8 Å². The minimum atomic E-state index is -0.622. The summed E-state index contributed by atoms with van der Waals surface area (Å²) in [5.74, 6) is -0.297. The van der Waals surface area contributed by atoms with Gasteiger partial charge in [0.15, 0.2) is 11.6 Å². The summed E-state index contributed by atoms with van der Waals surface area (Å²) in [6.07, 6.45) is 0. The van der Waals surface area contributed by atoms with E-state index in [2.05, 4.69) is 10.3 Å². The molecule has 8 heteroatoms. The number of benzene rings is 1. The van der Waals surface area contributed by atoms with Gasteiger partial charge >= 0.3 is 5.69 Å². The molecule has 1 aromatic carbocycles. The standard InChI is InChI=1S/C13H13FN4O3/c1-2-21-11-5-3-8(7-9(11)14)16-12-6-4-10(18(19)20)13(15)17-12/h3-7H,2H2,1H3,(H3,15,16,17). The molecule has 7 nitrogen and oxygen atoms in total. The lowest BCUT2D eigenvalue weighted by molar-refractivity contribution is -0.384. The number of anilines is 3. The van der Waals surface area contributed by atoms with Crippen molar-refractivity contribution in [2.75, 3.05) is 17.7 Å². The van der Waals surface area contributed by atoms with Crippen LogP contribution in [-0.4, -0.2) is 16.5 Å². The molecule has 1 heterocycles. The molecule has 0 fully saturated rings. The number of nitrogens with one attached hydrogen (secondary N) is 1. The normalized spacial score (nSPS) is 10.2. The first-order chi connectivity index (χ1) is 10.0. The Morgan fingerprint density at radius 2 is 2.19 bits per heavy atom. The van der Waals surface area contributed by atoms with Crippen molar-refractivity contribution in [3.8, 4) is 5.75 Å². The van der Waals surface area contributed by atoms with Gasteiger partial charge < -0.3 is 15.8 Å². The zero-order valence-electron chi connectivity index (χ0n) is 11.2. The van der Waals surface area contributed by atoms with E-state index in [0.717, 1.165) is 0 Å². The number of nitro groups is 1. The summed E-state index contributed by atoms with van der Waals surface area (Å²) < 4.78 is 18.8. The van der Waals surface area contributed by atoms with Gasteiger partial charge in [0.1, 0.15) is 5.82 Å². The second-order valence-electron chi connectivity index (χ2n) is 4.06. The van der Waals surface area contributed by atoms with Crippen molar-refractivity contribution >= 4 is 23.0 Å². The average Bonchev–Trinajstić information content (AvgIpc) is 2.41. The first kappa shape index (κ1) is 14.5. The number of nitrogen functional groups attached to an aromatic ring is 1. The predicted molar refractivity (Wildman–Crippen MR) is 76.2 cm³/mol. The van der Waals surface area contributed by atoms with Crippen molar-refractivity contribution in [2.24, 2.45) is 0 Å². The lowest BCUT2D eigenvalue weighted by atomic mass is 10.3. The maximum absolute atomic E-state index is 13.7. The van der Waals surface area contributed by atoms with E-state index >= 15 is 0 Å². The summed E-state index contributed by atoms with van der Waals surface area (Å²) in [5.41, 5.74) is 5.63. The number of halogens is 1. The number of ether oxygens (including phenoxy) is 1. The first-order valence-corrected chi connectivity index (χ1v) is 6.11. The second kappa shape index (κ2) is 6.04. The van der Waals surface area contributed by atoms with Crippen LogP contribution in [0.1, 0.15) is 6.92 Å². The van der Waals surface area contributed by atoms with Crippen LogP contribution in [0.2, 0.25) is 0 Å². The Bertz CT molecular complexity index is 678. The number of rotatable bonds is 5. The van der Waals surface area contributed by atoms with Gasteiger partial charge in [-0.25, -0.2) is 9.37 Å². The lowest BCUT2D eigenvalue weighted by Gasteiger charge is -2.09. The van der Waals surface area contributed by atoms with Gasteiger partial charge in [-0.3, -0.25) is 10.1 Å². The Labute approximate surface area is 119 Å². The molecule has 0 bridgehead atoms. The number of nitrogens with two attached hydrogens (primary N) is 1. The Balaban J connectivity index is 2.20. The summed E-state index contributed by atoms with van der Waals surface area (Å²) in [5, 5.41) is 13.4. The summed E-state index contributed by atoms with van der Waals surface area (Å²) in [4.78, 5) is 13.9. The van der Waals surface area contributed by atoms with Crippen LogP contribution in [0, 0.1) is 15.9 Å². The van der Waals surface area contributed by atoms with Crippen molar-refractivity contribution in [1.29, 1.82) is 0 Å². The number of hydrogen-bond donors (Lipinski definition) is 2. The van der Waals surface area contributed by atoms with E-state index in [9.17, 15) is 14.5 Å². The van der Waals surface area contributed by atoms with Crippen molar-refractivity contribution in [3.05, 3.63) is 46.3 Å². The fourth-order valence-corrected chi connectivity index (χ4v) is 1.69. The van der Waals surface area contributed by atoms with E-state index in [1.165, 1.54) is 24.3 Å². The van der Waals surface area contributed by atoms with E-state index in [0.29, 0.717) is 12.3 Å². The SMILES string of the molecule is CCOc1ccc(Nc2ccc([N+](=O)[O-])c(N)n2)cc1F. The van der Waals surface area contributed by atoms with Gasteiger partial charge in [0.25, 0.3) is 0 Å². The highest BCUT2D eigenvalue weighted by molar-refractivity contribution is 5.63. The molecule has 0 aliphatic heterocycles. The molecule has 0 amide bonds. The van der Waals surface area contributed by atoms with E-state index in [1.54, 1.807) is 13.0 Å². The number of hydrogen-bond acceptors (Lipinski definition) is 6. The van der Waals surface area contributed by atoms with Crippen LogP contribution in [-0.2, 0) is 0 Å². The number of pyridine rings is 1. The number of aromatic nitrogens is 1. The highest BCUT2D eigenvalue weighted by Gasteiger charge is 2.13. The average molecular weight is 292 g/mol. The maximum Gasteiger partial charge on any atom is 0.311 e. The quantitative estimate of drug-likeness (QED) is 0.648. The van der Waals surface area contributed by atoms with Crippen molar-refractivity contribution in [1.82, 2.24) is 4.98 Å². The van der Waals surface area contributed by atoms with Gasteiger partial charge in [-0.2, -0.15) is 0 Å². The van der Waals surface area contributed by atoms with Crippen LogP contribution >= 0.6 is 0 Å². The summed E-state index contributed by atoms with van der Waals surface area (Å²) in [7, 11) is 0. The van der Waals surface area contributed by atoms with E-state index in [-0.39, 0.29) is 23.1 Å². The molecule has 0 saturated carbocycles. The zero-order valence-corrected chi connectivity index (χ0v) is 11.2. The van der Waals surface area contributed by atoms with Crippen molar-refractivity contribution < 1.29 is 14.1 Å². The minimum Gasteiger partial charge on any atom is -0.491 e. The van der Waals surface area contributed by atoms with Crippen LogP contribution in [0.4, 0.5) is 27.4 Å². The van der Waals surface area contributed by atoms with Gasteiger partial charge in [-0.1, -0.05) is 0 Å². The smallest absolute Gasteiger partial charge is 0.311 e. The number of nitrogens with zero attached hydrogens (tertiary/aromatic N) is 2. The summed E-state index contributed by atoms with van der Waals surface area (Å²) in [6.45, 7) is 2.12. The van der Waals surface area contributed by atoms with Gasteiger partial charge in [-0.05, 0) is 25.1 Å². The monoisotopic (exact) mass is 292 g/mol. The Hall–Kier alpha value is -2.90. The molecule has 21 heavy (non-hydrogen) atoms. The molecule has 0 aliphatic carbocycles. The molecule has 2 aromatic rings.